The SMILES string of the molecule is COc1ccc(CC(=O)Nc2cccc(C(=O)N3CCCCC3)c2)cc1. The molecule has 0 radical (unpaired) electrons. The molecule has 136 valence electrons. The molecule has 0 atom stereocenters. The third-order valence-corrected chi connectivity index (χ3v) is 4.56. The number of carbonyl (C=O) groups is 2. The Labute approximate surface area is 154 Å². The van der Waals surface area contributed by atoms with Gasteiger partial charge in [0.15, 0.2) is 0 Å². The van der Waals surface area contributed by atoms with Gasteiger partial charge in [0.2, 0.25) is 5.91 Å². The number of nitrogens with one attached hydrogen (secondary N) is 1. The van der Waals surface area contributed by atoms with Crippen molar-refractivity contribution in [1.29, 1.82) is 0 Å². The van der Waals surface area contributed by atoms with Gasteiger partial charge in [-0.15, -0.1) is 0 Å². The zero-order valence-corrected chi connectivity index (χ0v) is 15.0. The van der Waals surface area contributed by atoms with Crippen LogP contribution in [-0.4, -0.2) is 36.9 Å². The molecule has 0 saturated carbocycles. The summed E-state index contributed by atoms with van der Waals surface area (Å²) in [6, 6.07) is 14.6. The van der Waals surface area contributed by atoms with Gasteiger partial charge in [-0.05, 0) is 55.2 Å². The zero-order chi connectivity index (χ0) is 18.4. The van der Waals surface area contributed by atoms with E-state index >= 15 is 0 Å². The van der Waals surface area contributed by atoms with Crippen molar-refractivity contribution in [2.75, 3.05) is 25.5 Å². The van der Waals surface area contributed by atoms with Gasteiger partial charge in [0, 0.05) is 24.3 Å². The van der Waals surface area contributed by atoms with Gasteiger partial charge in [0.1, 0.15) is 5.75 Å². The van der Waals surface area contributed by atoms with Crippen molar-refractivity contribution < 1.29 is 14.3 Å². The van der Waals surface area contributed by atoms with E-state index in [0.717, 1.165) is 37.2 Å². The van der Waals surface area contributed by atoms with Crippen molar-refractivity contribution in [3.63, 3.8) is 0 Å². The van der Waals surface area contributed by atoms with Crippen LogP contribution in [0.15, 0.2) is 48.5 Å². The molecule has 0 unspecified atom stereocenters. The van der Waals surface area contributed by atoms with Crippen LogP contribution in [-0.2, 0) is 11.2 Å². The van der Waals surface area contributed by atoms with E-state index in [9.17, 15) is 9.59 Å². The summed E-state index contributed by atoms with van der Waals surface area (Å²) in [5.41, 5.74) is 2.17. The summed E-state index contributed by atoms with van der Waals surface area (Å²) in [5.74, 6) is 0.687. The number of benzene rings is 2. The summed E-state index contributed by atoms with van der Waals surface area (Å²) in [7, 11) is 1.61. The average molecular weight is 352 g/mol. The van der Waals surface area contributed by atoms with Crippen LogP contribution in [0.3, 0.4) is 0 Å². The molecular weight excluding hydrogens is 328 g/mol. The van der Waals surface area contributed by atoms with Crippen molar-refractivity contribution in [3.05, 3.63) is 59.7 Å². The molecule has 0 bridgehead atoms. The third-order valence-electron chi connectivity index (χ3n) is 4.56. The van der Waals surface area contributed by atoms with Crippen LogP contribution in [0.1, 0.15) is 35.2 Å². The molecular formula is C21H24N2O3. The first-order valence-electron chi connectivity index (χ1n) is 8.98. The number of hydrogen-bond acceptors (Lipinski definition) is 3. The van der Waals surface area contributed by atoms with Crippen molar-refractivity contribution in [3.8, 4) is 5.75 Å². The summed E-state index contributed by atoms with van der Waals surface area (Å²) < 4.78 is 5.12. The zero-order valence-electron chi connectivity index (χ0n) is 15.0. The maximum atomic E-state index is 12.6. The number of likely N-dealkylation sites (tertiary alicyclic amines) is 1. The number of rotatable bonds is 5. The van der Waals surface area contributed by atoms with Crippen LogP contribution in [0.2, 0.25) is 0 Å². The van der Waals surface area contributed by atoms with Crippen LogP contribution < -0.4 is 10.1 Å². The molecule has 1 N–H and O–H groups in total. The van der Waals surface area contributed by atoms with Crippen LogP contribution in [0, 0.1) is 0 Å². The van der Waals surface area contributed by atoms with E-state index < -0.39 is 0 Å². The monoisotopic (exact) mass is 352 g/mol. The molecule has 26 heavy (non-hydrogen) atoms. The Bertz CT molecular complexity index is 765. The van der Waals surface area contributed by atoms with Gasteiger partial charge >= 0.3 is 0 Å². The number of ether oxygens (including phenoxy) is 1. The second-order valence-electron chi connectivity index (χ2n) is 6.51. The first kappa shape index (κ1) is 18.0. The predicted molar refractivity (Wildman–Crippen MR) is 102 cm³/mol. The molecule has 2 aromatic rings. The number of anilines is 1. The average Bonchev–Trinajstić information content (AvgIpc) is 2.69. The second kappa shape index (κ2) is 8.52. The molecule has 5 heteroatoms. The van der Waals surface area contributed by atoms with Crippen LogP contribution >= 0.6 is 0 Å². The summed E-state index contributed by atoms with van der Waals surface area (Å²) in [6.45, 7) is 1.62. The van der Waals surface area contributed by atoms with E-state index in [4.69, 9.17) is 4.74 Å². The van der Waals surface area contributed by atoms with E-state index in [-0.39, 0.29) is 18.2 Å². The largest absolute Gasteiger partial charge is 0.497 e. The van der Waals surface area contributed by atoms with E-state index in [1.54, 1.807) is 31.4 Å². The third kappa shape index (κ3) is 4.63. The van der Waals surface area contributed by atoms with Gasteiger partial charge in [-0.3, -0.25) is 9.59 Å². The number of methoxy groups -OCH3 is 1. The lowest BCUT2D eigenvalue weighted by Crippen LogP contribution is -2.35. The lowest BCUT2D eigenvalue weighted by Gasteiger charge is -2.26. The van der Waals surface area contributed by atoms with Gasteiger partial charge in [0.25, 0.3) is 5.91 Å². The summed E-state index contributed by atoms with van der Waals surface area (Å²) >= 11 is 0. The Hall–Kier alpha value is -2.82. The quantitative estimate of drug-likeness (QED) is 0.896. The minimum atomic E-state index is -0.113. The summed E-state index contributed by atoms with van der Waals surface area (Å²) in [4.78, 5) is 26.8. The first-order chi connectivity index (χ1) is 12.7. The van der Waals surface area contributed by atoms with E-state index in [1.807, 2.05) is 29.2 Å². The maximum absolute atomic E-state index is 12.6. The minimum absolute atomic E-state index is 0.0379. The fourth-order valence-electron chi connectivity index (χ4n) is 3.14. The predicted octanol–water partition coefficient (Wildman–Crippen LogP) is 3.50. The number of hydrogen-bond donors (Lipinski definition) is 1. The maximum Gasteiger partial charge on any atom is 0.253 e. The van der Waals surface area contributed by atoms with Crippen molar-refractivity contribution in [2.24, 2.45) is 0 Å². The fraction of sp³-hybridized carbons (Fsp3) is 0.333. The van der Waals surface area contributed by atoms with Gasteiger partial charge in [0.05, 0.1) is 13.5 Å². The molecule has 1 fully saturated rings. The van der Waals surface area contributed by atoms with Crippen molar-refractivity contribution in [2.45, 2.75) is 25.7 Å². The molecule has 1 aliphatic rings. The fourth-order valence-corrected chi connectivity index (χ4v) is 3.14. The Morgan fingerprint density at radius 1 is 1.04 bits per heavy atom. The highest BCUT2D eigenvalue weighted by Gasteiger charge is 2.18. The molecule has 1 saturated heterocycles. The Morgan fingerprint density at radius 3 is 2.46 bits per heavy atom. The number of nitrogens with zero attached hydrogens (tertiary/aromatic N) is 1. The van der Waals surface area contributed by atoms with E-state index in [2.05, 4.69) is 5.32 Å². The van der Waals surface area contributed by atoms with Crippen LogP contribution in [0.25, 0.3) is 0 Å². The highest BCUT2D eigenvalue weighted by molar-refractivity contribution is 5.97. The number of piperidine rings is 1. The van der Waals surface area contributed by atoms with Gasteiger partial charge in [-0.1, -0.05) is 18.2 Å². The Balaban J connectivity index is 1.62. The van der Waals surface area contributed by atoms with E-state index in [1.165, 1.54) is 6.42 Å². The molecule has 0 aromatic heterocycles. The van der Waals surface area contributed by atoms with Crippen LogP contribution in [0.4, 0.5) is 5.69 Å². The highest BCUT2D eigenvalue weighted by Crippen LogP contribution is 2.17. The molecule has 3 rings (SSSR count). The second-order valence-corrected chi connectivity index (χ2v) is 6.51. The Morgan fingerprint density at radius 2 is 1.77 bits per heavy atom. The summed E-state index contributed by atoms with van der Waals surface area (Å²) in [6.07, 6.45) is 3.58. The molecule has 1 aliphatic heterocycles. The van der Waals surface area contributed by atoms with Gasteiger partial charge in [-0.25, -0.2) is 0 Å². The molecule has 0 spiro atoms. The molecule has 2 amide bonds. The standard InChI is InChI=1S/C21H24N2O3/c1-26-19-10-8-16(9-11-19)14-20(24)22-18-7-5-6-17(15-18)21(25)23-12-3-2-4-13-23/h5-11,15H,2-4,12-14H2,1H3,(H,22,24). The lowest BCUT2D eigenvalue weighted by atomic mass is 10.1. The normalized spacial score (nSPS) is 14.0. The van der Waals surface area contributed by atoms with Gasteiger partial charge in [-0.2, -0.15) is 0 Å². The molecule has 0 aliphatic carbocycles. The summed E-state index contributed by atoms with van der Waals surface area (Å²) in [5, 5.41) is 2.88. The van der Waals surface area contributed by atoms with Crippen molar-refractivity contribution >= 4 is 17.5 Å². The minimum Gasteiger partial charge on any atom is -0.497 e. The molecule has 5 nitrogen and oxygen atoms in total. The number of amides is 2. The lowest BCUT2D eigenvalue weighted by molar-refractivity contribution is -0.115. The topological polar surface area (TPSA) is 58.6 Å². The highest BCUT2D eigenvalue weighted by atomic mass is 16.5. The van der Waals surface area contributed by atoms with Gasteiger partial charge < -0.3 is 15.0 Å². The molecule has 1 heterocycles. The van der Waals surface area contributed by atoms with Crippen LogP contribution in [0.5, 0.6) is 5.75 Å². The van der Waals surface area contributed by atoms with Crippen molar-refractivity contribution in [1.82, 2.24) is 4.90 Å². The first-order valence-corrected chi connectivity index (χ1v) is 8.98. The Kier molecular flexibility index (Phi) is 5.89. The van der Waals surface area contributed by atoms with E-state index in [0.29, 0.717) is 11.3 Å². The smallest absolute Gasteiger partial charge is 0.253 e. The molecule has 2 aromatic carbocycles. The number of carbonyl (C=O) groups excluding carboxylic acids is 2.